The molecule has 2 amide bonds. The Morgan fingerprint density at radius 2 is 2.23 bits per heavy atom. The normalized spacial score (nSPS) is 19.8. The summed E-state index contributed by atoms with van der Waals surface area (Å²) in [6.07, 6.45) is 1.34. The number of urea groups is 1. The molecule has 6 heteroatoms. The Balaban J connectivity index is 1.89. The number of nitrogens with one attached hydrogen (secondary N) is 1. The summed E-state index contributed by atoms with van der Waals surface area (Å²) in [7, 11) is 0. The van der Waals surface area contributed by atoms with Crippen LogP contribution in [0, 0.1) is 0 Å². The topological polar surface area (TPSA) is 61.8 Å². The smallest absolute Gasteiger partial charge is 0.317 e. The maximum atomic E-state index is 12.3. The fourth-order valence-corrected chi connectivity index (χ4v) is 2.61. The van der Waals surface area contributed by atoms with E-state index in [0.717, 1.165) is 12.0 Å². The van der Waals surface area contributed by atoms with E-state index in [9.17, 15) is 4.79 Å². The van der Waals surface area contributed by atoms with E-state index in [2.05, 4.69) is 5.32 Å². The Labute approximate surface area is 136 Å². The van der Waals surface area contributed by atoms with Gasteiger partial charge in [-0.3, -0.25) is 0 Å². The Hall–Kier alpha value is -1.30. The molecular weight excluding hydrogens is 304 g/mol. The summed E-state index contributed by atoms with van der Waals surface area (Å²) < 4.78 is 5.76. The van der Waals surface area contributed by atoms with Gasteiger partial charge < -0.3 is 20.1 Å². The number of carbonyl (C=O) groups excluding carboxylic acids is 1. The van der Waals surface area contributed by atoms with Gasteiger partial charge in [-0.15, -0.1) is 0 Å². The number of aliphatic hydroxyl groups excluding tert-OH is 1. The third kappa shape index (κ3) is 4.87. The van der Waals surface area contributed by atoms with Crippen LogP contribution in [0.15, 0.2) is 24.3 Å². The molecule has 0 spiro atoms. The van der Waals surface area contributed by atoms with Gasteiger partial charge in [0.1, 0.15) is 6.10 Å². The first-order valence-corrected chi connectivity index (χ1v) is 8.01. The quantitative estimate of drug-likeness (QED) is 0.874. The van der Waals surface area contributed by atoms with Gasteiger partial charge in [0.25, 0.3) is 0 Å². The highest BCUT2D eigenvalue weighted by Gasteiger charge is 2.25. The molecule has 2 unspecified atom stereocenters. The van der Waals surface area contributed by atoms with Gasteiger partial charge in [0.05, 0.1) is 13.2 Å². The molecule has 2 N–H and O–H groups in total. The number of amides is 2. The lowest BCUT2D eigenvalue weighted by atomic mass is 10.1. The highest BCUT2D eigenvalue weighted by molar-refractivity contribution is 6.30. The van der Waals surface area contributed by atoms with E-state index in [1.807, 2.05) is 31.2 Å². The standard InChI is InChI=1S/C16H23ClN2O3/c1-12(3-2-9-20)18-16(21)19-8-10-22-15(11-19)13-4-6-14(17)7-5-13/h4-7,12,15,20H,2-3,8-11H2,1H3,(H,18,21). The molecule has 0 aliphatic carbocycles. The molecule has 0 radical (unpaired) electrons. The first kappa shape index (κ1) is 17.1. The van der Waals surface area contributed by atoms with Gasteiger partial charge in [0.15, 0.2) is 0 Å². The van der Waals surface area contributed by atoms with Crippen molar-refractivity contribution in [3.8, 4) is 0 Å². The van der Waals surface area contributed by atoms with E-state index < -0.39 is 0 Å². The highest BCUT2D eigenvalue weighted by Crippen LogP contribution is 2.23. The molecule has 0 bridgehead atoms. The molecule has 5 nitrogen and oxygen atoms in total. The van der Waals surface area contributed by atoms with Crippen molar-refractivity contribution in [3.05, 3.63) is 34.9 Å². The molecule has 2 rings (SSSR count). The Morgan fingerprint density at radius 3 is 2.91 bits per heavy atom. The highest BCUT2D eigenvalue weighted by atomic mass is 35.5. The molecule has 1 aliphatic rings. The molecule has 1 aromatic rings. The predicted octanol–water partition coefficient (Wildman–Crippen LogP) is 2.58. The maximum absolute atomic E-state index is 12.3. The number of aliphatic hydroxyl groups is 1. The van der Waals surface area contributed by atoms with Crippen molar-refractivity contribution in [1.29, 1.82) is 0 Å². The van der Waals surface area contributed by atoms with Gasteiger partial charge in [0.2, 0.25) is 0 Å². The molecule has 122 valence electrons. The Kier molecular flexibility index (Phi) is 6.49. The largest absolute Gasteiger partial charge is 0.396 e. The fraction of sp³-hybridized carbons (Fsp3) is 0.562. The van der Waals surface area contributed by atoms with Crippen LogP contribution in [-0.2, 0) is 4.74 Å². The van der Waals surface area contributed by atoms with E-state index >= 15 is 0 Å². The van der Waals surface area contributed by atoms with Crippen LogP contribution in [-0.4, -0.2) is 48.4 Å². The summed E-state index contributed by atoms with van der Waals surface area (Å²) in [5.41, 5.74) is 1.02. The third-order valence-corrected chi connectivity index (χ3v) is 4.01. The fourth-order valence-electron chi connectivity index (χ4n) is 2.48. The predicted molar refractivity (Wildman–Crippen MR) is 86.0 cm³/mol. The number of rotatable bonds is 5. The summed E-state index contributed by atoms with van der Waals surface area (Å²) in [6, 6.07) is 7.49. The van der Waals surface area contributed by atoms with Crippen molar-refractivity contribution in [2.75, 3.05) is 26.3 Å². The zero-order valence-electron chi connectivity index (χ0n) is 12.8. The summed E-state index contributed by atoms with van der Waals surface area (Å²) >= 11 is 5.90. The van der Waals surface area contributed by atoms with Crippen molar-refractivity contribution in [2.45, 2.75) is 31.9 Å². The maximum Gasteiger partial charge on any atom is 0.317 e. The second kappa shape index (κ2) is 8.36. The van der Waals surface area contributed by atoms with Crippen molar-refractivity contribution < 1.29 is 14.6 Å². The lowest BCUT2D eigenvalue weighted by Crippen LogP contribution is -2.49. The molecule has 2 atom stereocenters. The zero-order valence-corrected chi connectivity index (χ0v) is 13.6. The molecule has 1 fully saturated rings. The lowest BCUT2D eigenvalue weighted by molar-refractivity contribution is -0.0157. The molecule has 0 aromatic heterocycles. The number of carbonyl (C=O) groups is 1. The van der Waals surface area contributed by atoms with Crippen LogP contribution in [0.4, 0.5) is 4.79 Å². The molecule has 1 heterocycles. The van der Waals surface area contributed by atoms with Crippen LogP contribution in [0.1, 0.15) is 31.4 Å². The number of hydrogen-bond acceptors (Lipinski definition) is 3. The van der Waals surface area contributed by atoms with Crippen LogP contribution in [0.2, 0.25) is 5.02 Å². The summed E-state index contributed by atoms with van der Waals surface area (Å²) in [4.78, 5) is 14.1. The molecular formula is C16H23ClN2O3. The SMILES string of the molecule is CC(CCCO)NC(=O)N1CCOC(c2ccc(Cl)cc2)C1. The summed E-state index contributed by atoms with van der Waals surface area (Å²) in [5.74, 6) is 0. The minimum Gasteiger partial charge on any atom is -0.396 e. The number of nitrogens with zero attached hydrogens (tertiary/aromatic N) is 1. The summed E-state index contributed by atoms with van der Waals surface area (Å²) in [6.45, 7) is 3.73. The molecule has 22 heavy (non-hydrogen) atoms. The van der Waals surface area contributed by atoms with Gasteiger partial charge in [0, 0.05) is 24.2 Å². The van der Waals surface area contributed by atoms with E-state index in [1.54, 1.807) is 4.90 Å². The van der Waals surface area contributed by atoms with Crippen molar-refractivity contribution >= 4 is 17.6 Å². The average Bonchev–Trinajstić information content (AvgIpc) is 2.53. The van der Waals surface area contributed by atoms with E-state index in [0.29, 0.717) is 31.1 Å². The number of hydrogen-bond donors (Lipinski definition) is 2. The van der Waals surface area contributed by atoms with Crippen molar-refractivity contribution in [1.82, 2.24) is 10.2 Å². The third-order valence-electron chi connectivity index (χ3n) is 3.76. The number of morpholine rings is 1. The van der Waals surface area contributed by atoms with E-state index in [1.165, 1.54) is 0 Å². The van der Waals surface area contributed by atoms with Crippen molar-refractivity contribution in [3.63, 3.8) is 0 Å². The molecule has 1 aliphatic heterocycles. The summed E-state index contributed by atoms with van der Waals surface area (Å²) in [5, 5.41) is 12.5. The van der Waals surface area contributed by atoms with Crippen molar-refractivity contribution in [2.24, 2.45) is 0 Å². The molecule has 1 aromatic carbocycles. The molecule has 0 saturated carbocycles. The van der Waals surface area contributed by atoms with Crippen LogP contribution in [0.3, 0.4) is 0 Å². The Morgan fingerprint density at radius 1 is 1.50 bits per heavy atom. The minimum atomic E-state index is -0.121. The van der Waals surface area contributed by atoms with Crippen LogP contribution >= 0.6 is 11.6 Å². The van der Waals surface area contributed by atoms with Gasteiger partial charge in [-0.05, 0) is 37.5 Å². The lowest BCUT2D eigenvalue weighted by Gasteiger charge is -2.34. The second-order valence-corrected chi connectivity index (χ2v) is 6.01. The number of halogens is 1. The average molecular weight is 327 g/mol. The Bertz CT molecular complexity index is 481. The van der Waals surface area contributed by atoms with Gasteiger partial charge >= 0.3 is 6.03 Å². The monoisotopic (exact) mass is 326 g/mol. The van der Waals surface area contributed by atoms with Crippen LogP contribution in [0.25, 0.3) is 0 Å². The van der Waals surface area contributed by atoms with E-state index in [-0.39, 0.29) is 24.8 Å². The van der Waals surface area contributed by atoms with Gasteiger partial charge in [-0.25, -0.2) is 4.79 Å². The minimum absolute atomic E-state index is 0.0523. The first-order chi connectivity index (χ1) is 10.6. The molecule has 1 saturated heterocycles. The van der Waals surface area contributed by atoms with Crippen LogP contribution in [0.5, 0.6) is 0 Å². The zero-order chi connectivity index (χ0) is 15.9. The number of benzene rings is 1. The van der Waals surface area contributed by atoms with Gasteiger partial charge in [-0.2, -0.15) is 0 Å². The van der Waals surface area contributed by atoms with Gasteiger partial charge in [-0.1, -0.05) is 23.7 Å². The first-order valence-electron chi connectivity index (χ1n) is 7.63. The van der Waals surface area contributed by atoms with E-state index in [4.69, 9.17) is 21.4 Å². The number of ether oxygens (including phenoxy) is 1. The van der Waals surface area contributed by atoms with Crippen LogP contribution < -0.4 is 5.32 Å². The second-order valence-electron chi connectivity index (χ2n) is 5.57.